The molecule has 1 aromatic heterocycles. The Morgan fingerprint density at radius 3 is 2.30 bits per heavy atom. The van der Waals surface area contributed by atoms with Gasteiger partial charge in [-0.15, -0.1) is 0 Å². The lowest BCUT2D eigenvalue weighted by Gasteiger charge is -2.13. The first-order valence-electron chi connectivity index (χ1n) is 6.43. The summed E-state index contributed by atoms with van der Waals surface area (Å²) in [6.45, 7) is 8.06. The molecule has 0 spiro atoms. The predicted molar refractivity (Wildman–Crippen MR) is 87.1 cm³/mol. The van der Waals surface area contributed by atoms with Crippen molar-refractivity contribution in [1.82, 2.24) is 9.97 Å². The molecule has 0 saturated heterocycles. The summed E-state index contributed by atoms with van der Waals surface area (Å²) >= 11 is 5.05. The van der Waals surface area contributed by atoms with Gasteiger partial charge in [0.1, 0.15) is 0 Å². The molecule has 0 radical (unpaired) electrons. The van der Waals surface area contributed by atoms with E-state index in [1.165, 1.54) is 0 Å². The van der Waals surface area contributed by atoms with Gasteiger partial charge in [0, 0.05) is 26.8 Å². The van der Waals surface area contributed by atoms with Gasteiger partial charge in [0.25, 0.3) is 0 Å². The highest BCUT2D eigenvalue weighted by Crippen LogP contribution is 2.33. The normalized spacial score (nSPS) is 12.5. The first kappa shape index (κ1) is 15.5. The molecule has 0 aliphatic carbocycles. The van der Waals surface area contributed by atoms with E-state index in [0.717, 1.165) is 37.0 Å². The number of hydrogen-bond acceptors (Lipinski definition) is 4. The standard InChI is InChI=1S/C15H18BrN3S/c1-8-10(3)18-15(19-11(8)4)20-14-6-5-12(16)7-13(14)9(2)17/h5-7,9H,17H2,1-4H3. The zero-order valence-corrected chi connectivity index (χ0v) is 14.5. The van der Waals surface area contributed by atoms with Gasteiger partial charge in [-0.25, -0.2) is 9.97 Å². The van der Waals surface area contributed by atoms with Crippen molar-refractivity contribution in [3.63, 3.8) is 0 Å². The maximum absolute atomic E-state index is 6.05. The summed E-state index contributed by atoms with van der Waals surface area (Å²) in [5.41, 5.74) is 10.4. The monoisotopic (exact) mass is 351 g/mol. The Balaban J connectivity index is 2.40. The minimum Gasteiger partial charge on any atom is -0.324 e. The summed E-state index contributed by atoms with van der Waals surface area (Å²) in [6, 6.07) is 6.10. The summed E-state index contributed by atoms with van der Waals surface area (Å²) in [4.78, 5) is 10.2. The lowest BCUT2D eigenvalue weighted by molar-refractivity contribution is 0.794. The molecule has 0 aliphatic rings. The first-order valence-corrected chi connectivity index (χ1v) is 8.04. The molecule has 5 heteroatoms. The smallest absolute Gasteiger partial charge is 0.192 e. The van der Waals surface area contributed by atoms with Crippen LogP contribution in [0.15, 0.2) is 32.7 Å². The fourth-order valence-corrected chi connectivity index (χ4v) is 3.29. The maximum Gasteiger partial charge on any atom is 0.192 e. The molecule has 20 heavy (non-hydrogen) atoms. The number of rotatable bonds is 3. The molecule has 3 nitrogen and oxygen atoms in total. The molecule has 0 bridgehead atoms. The predicted octanol–water partition coefficient (Wildman–Crippen LogP) is 4.34. The van der Waals surface area contributed by atoms with Gasteiger partial charge in [0.05, 0.1) is 0 Å². The van der Waals surface area contributed by atoms with Gasteiger partial charge in [-0.2, -0.15) is 0 Å². The molecule has 1 heterocycles. The molecule has 1 aromatic carbocycles. The van der Waals surface area contributed by atoms with Crippen LogP contribution in [-0.2, 0) is 0 Å². The second-order valence-corrected chi connectivity index (χ2v) is 6.80. The molecular weight excluding hydrogens is 334 g/mol. The van der Waals surface area contributed by atoms with Crippen molar-refractivity contribution < 1.29 is 0 Å². The van der Waals surface area contributed by atoms with E-state index in [9.17, 15) is 0 Å². The van der Waals surface area contributed by atoms with Crippen molar-refractivity contribution in [3.8, 4) is 0 Å². The van der Waals surface area contributed by atoms with E-state index in [-0.39, 0.29) is 6.04 Å². The highest BCUT2D eigenvalue weighted by Gasteiger charge is 2.12. The van der Waals surface area contributed by atoms with Crippen LogP contribution in [0.5, 0.6) is 0 Å². The third-order valence-electron chi connectivity index (χ3n) is 3.28. The Morgan fingerprint density at radius 1 is 1.15 bits per heavy atom. The van der Waals surface area contributed by atoms with Gasteiger partial charge in [0.2, 0.25) is 0 Å². The van der Waals surface area contributed by atoms with Gasteiger partial charge < -0.3 is 5.73 Å². The van der Waals surface area contributed by atoms with Gasteiger partial charge in [-0.3, -0.25) is 0 Å². The first-order chi connectivity index (χ1) is 9.38. The van der Waals surface area contributed by atoms with E-state index in [1.54, 1.807) is 11.8 Å². The van der Waals surface area contributed by atoms with Crippen molar-refractivity contribution in [1.29, 1.82) is 0 Å². The van der Waals surface area contributed by atoms with E-state index in [0.29, 0.717) is 0 Å². The molecule has 0 saturated carbocycles. The van der Waals surface area contributed by atoms with Gasteiger partial charge >= 0.3 is 0 Å². The van der Waals surface area contributed by atoms with Crippen molar-refractivity contribution >= 4 is 27.7 Å². The highest BCUT2D eigenvalue weighted by molar-refractivity contribution is 9.10. The lowest BCUT2D eigenvalue weighted by atomic mass is 10.1. The lowest BCUT2D eigenvalue weighted by Crippen LogP contribution is -2.06. The van der Waals surface area contributed by atoms with E-state index in [4.69, 9.17) is 5.73 Å². The van der Waals surface area contributed by atoms with Crippen molar-refractivity contribution in [3.05, 3.63) is 45.2 Å². The second-order valence-electron chi connectivity index (χ2n) is 4.87. The molecule has 0 amide bonds. The quantitative estimate of drug-likeness (QED) is 0.835. The molecule has 1 unspecified atom stereocenters. The van der Waals surface area contributed by atoms with Crippen LogP contribution in [0.2, 0.25) is 0 Å². The molecule has 0 aliphatic heterocycles. The van der Waals surface area contributed by atoms with Crippen LogP contribution in [0, 0.1) is 20.8 Å². The van der Waals surface area contributed by atoms with Gasteiger partial charge in [0.15, 0.2) is 5.16 Å². The minimum atomic E-state index is -0.0253. The number of halogens is 1. The average Bonchev–Trinajstić information content (AvgIpc) is 2.37. The molecule has 2 rings (SSSR count). The largest absolute Gasteiger partial charge is 0.324 e. The van der Waals surface area contributed by atoms with Crippen LogP contribution in [0.4, 0.5) is 0 Å². The number of aromatic nitrogens is 2. The van der Waals surface area contributed by atoms with Crippen LogP contribution >= 0.6 is 27.7 Å². The number of aryl methyl sites for hydroxylation is 2. The van der Waals surface area contributed by atoms with Crippen LogP contribution in [0.25, 0.3) is 0 Å². The Morgan fingerprint density at radius 2 is 1.75 bits per heavy atom. The Bertz CT molecular complexity index is 618. The Labute approximate surface area is 132 Å². The Kier molecular flexibility index (Phi) is 4.83. The number of hydrogen-bond donors (Lipinski definition) is 1. The SMILES string of the molecule is Cc1nc(Sc2ccc(Br)cc2C(C)N)nc(C)c1C. The number of nitrogens with two attached hydrogens (primary N) is 1. The van der Waals surface area contributed by atoms with E-state index in [2.05, 4.69) is 38.0 Å². The molecule has 0 fully saturated rings. The van der Waals surface area contributed by atoms with E-state index < -0.39 is 0 Å². The molecule has 2 aromatic rings. The minimum absolute atomic E-state index is 0.0253. The van der Waals surface area contributed by atoms with Crippen LogP contribution in [0.3, 0.4) is 0 Å². The molecule has 2 N–H and O–H groups in total. The number of nitrogens with zero attached hydrogens (tertiary/aromatic N) is 2. The van der Waals surface area contributed by atoms with Crippen LogP contribution < -0.4 is 5.73 Å². The Hall–Kier alpha value is -0.910. The second kappa shape index (κ2) is 6.24. The maximum atomic E-state index is 6.05. The fourth-order valence-electron chi connectivity index (χ4n) is 1.85. The highest BCUT2D eigenvalue weighted by atomic mass is 79.9. The molecule has 106 valence electrons. The van der Waals surface area contributed by atoms with Crippen molar-refractivity contribution in [2.75, 3.05) is 0 Å². The molecular formula is C15H18BrN3S. The van der Waals surface area contributed by atoms with Gasteiger partial charge in [-0.1, -0.05) is 15.9 Å². The average molecular weight is 352 g/mol. The summed E-state index contributed by atoms with van der Waals surface area (Å²) in [5.74, 6) is 0. The summed E-state index contributed by atoms with van der Waals surface area (Å²) in [5, 5.41) is 0.773. The zero-order chi connectivity index (χ0) is 14.9. The topological polar surface area (TPSA) is 51.8 Å². The van der Waals surface area contributed by atoms with E-state index >= 15 is 0 Å². The third-order valence-corrected chi connectivity index (χ3v) is 4.73. The molecule has 1 atom stereocenters. The van der Waals surface area contributed by atoms with Gasteiger partial charge in [-0.05, 0) is 68.8 Å². The summed E-state index contributed by atoms with van der Waals surface area (Å²) in [7, 11) is 0. The zero-order valence-electron chi connectivity index (χ0n) is 12.1. The number of benzene rings is 1. The third kappa shape index (κ3) is 3.40. The van der Waals surface area contributed by atoms with Crippen molar-refractivity contribution in [2.24, 2.45) is 5.73 Å². The van der Waals surface area contributed by atoms with Crippen LogP contribution in [0.1, 0.15) is 35.5 Å². The summed E-state index contributed by atoms with van der Waals surface area (Å²) in [6.07, 6.45) is 0. The van der Waals surface area contributed by atoms with Crippen molar-refractivity contribution in [2.45, 2.75) is 43.8 Å². The van der Waals surface area contributed by atoms with Crippen LogP contribution in [-0.4, -0.2) is 9.97 Å². The van der Waals surface area contributed by atoms with E-state index in [1.807, 2.05) is 33.8 Å². The summed E-state index contributed by atoms with van der Waals surface area (Å²) < 4.78 is 1.03. The fraction of sp³-hybridized carbons (Fsp3) is 0.333.